The second-order valence-corrected chi connectivity index (χ2v) is 9.46. The van der Waals surface area contributed by atoms with Gasteiger partial charge in [0.2, 0.25) is 0 Å². The number of hydrogen-bond acceptors (Lipinski definition) is 6. The summed E-state index contributed by atoms with van der Waals surface area (Å²) in [6, 6.07) is 7.12. The van der Waals surface area contributed by atoms with E-state index < -0.39 is 20.8 Å². The van der Waals surface area contributed by atoms with E-state index in [1.165, 1.54) is 0 Å². The Balaban J connectivity index is 1.98. The smallest absolute Gasteiger partial charge is 0.152 e. The lowest BCUT2D eigenvalue weighted by Gasteiger charge is -2.29. The number of methoxy groups -OCH3 is 1. The minimum atomic E-state index is -2.89. The zero-order valence-electron chi connectivity index (χ0n) is 13.9. The van der Waals surface area contributed by atoms with Gasteiger partial charge in [0.1, 0.15) is 11.0 Å². The predicted octanol–water partition coefficient (Wildman–Crippen LogP) is -0.0298. The van der Waals surface area contributed by atoms with Crippen molar-refractivity contribution >= 4 is 26.5 Å². The van der Waals surface area contributed by atoms with E-state index in [1.54, 1.807) is 19.2 Å². The lowest BCUT2D eigenvalue weighted by molar-refractivity contribution is 0.174. The Hall–Kier alpha value is -1.00. The number of hydrogen-bond donors (Lipinski definition) is 1. The van der Waals surface area contributed by atoms with E-state index in [0.29, 0.717) is 49.9 Å². The Kier molecular flexibility index (Phi) is 7.17. The van der Waals surface area contributed by atoms with Crippen LogP contribution >= 0.6 is 0 Å². The summed E-state index contributed by atoms with van der Waals surface area (Å²) in [5.74, 6) is 0.388. The van der Waals surface area contributed by atoms with Gasteiger partial charge in [-0.1, -0.05) is 12.1 Å². The minimum Gasteiger partial charge on any atom is -0.398 e. The maximum absolute atomic E-state index is 12.8. The molecule has 1 atom stereocenters. The number of benzene rings is 1. The summed E-state index contributed by atoms with van der Waals surface area (Å²) in [5, 5.41) is 0. The summed E-state index contributed by atoms with van der Waals surface area (Å²) >= 11 is 0. The van der Waals surface area contributed by atoms with E-state index in [0.717, 1.165) is 0 Å². The van der Waals surface area contributed by atoms with Crippen LogP contribution in [0.2, 0.25) is 0 Å². The molecule has 2 rings (SSSR count). The van der Waals surface area contributed by atoms with E-state index in [-0.39, 0.29) is 11.5 Å². The molecule has 2 N–H and O–H groups in total. The molecule has 136 valence electrons. The van der Waals surface area contributed by atoms with Crippen molar-refractivity contribution in [2.75, 3.05) is 63.7 Å². The van der Waals surface area contributed by atoms with Crippen molar-refractivity contribution in [3.8, 4) is 0 Å². The van der Waals surface area contributed by atoms with Gasteiger partial charge in [-0.2, -0.15) is 0 Å². The molecule has 1 aliphatic rings. The van der Waals surface area contributed by atoms with Crippen LogP contribution in [0, 0.1) is 0 Å². The van der Waals surface area contributed by atoms with Gasteiger partial charge < -0.3 is 15.4 Å². The van der Waals surface area contributed by atoms with Crippen LogP contribution < -0.4 is 5.73 Å². The van der Waals surface area contributed by atoms with Crippen LogP contribution in [-0.4, -0.2) is 79.8 Å². The van der Waals surface area contributed by atoms with Crippen LogP contribution in [0.5, 0.6) is 0 Å². The molecule has 0 saturated carbocycles. The molecule has 7 nitrogen and oxygen atoms in total. The largest absolute Gasteiger partial charge is 0.398 e. The average Bonchev–Trinajstić information content (AvgIpc) is 2.56. The molecule has 1 aromatic carbocycles. The zero-order chi connectivity index (χ0) is 17.6. The zero-order valence-corrected chi connectivity index (χ0v) is 15.5. The fourth-order valence-electron chi connectivity index (χ4n) is 2.48. The van der Waals surface area contributed by atoms with Crippen LogP contribution in [0.3, 0.4) is 0 Å². The Bertz CT molecular complexity index is 652. The number of rotatable bonds is 8. The summed E-state index contributed by atoms with van der Waals surface area (Å²) in [7, 11) is -2.65. The van der Waals surface area contributed by atoms with Gasteiger partial charge in [-0.05, 0) is 12.1 Å². The van der Waals surface area contributed by atoms with Crippen molar-refractivity contribution in [1.29, 1.82) is 0 Å². The molecule has 1 saturated heterocycles. The number of ether oxygens (including phenoxy) is 1. The van der Waals surface area contributed by atoms with E-state index in [9.17, 15) is 12.6 Å². The van der Waals surface area contributed by atoms with Gasteiger partial charge in [-0.25, -0.2) is 16.9 Å². The van der Waals surface area contributed by atoms with Crippen molar-refractivity contribution in [2.45, 2.75) is 4.90 Å². The number of sulfone groups is 1. The molecule has 0 amide bonds. The van der Waals surface area contributed by atoms with Crippen molar-refractivity contribution in [1.82, 2.24) is 9.21 Å². The highest BCUT2D eigenvalue weighted by Gasteiger charge is 2.23. The monoisotopic (exact) mass is 375 g/mol. The van der Waals surface area contributed by atoms with Crippen LogP contribution in [0.1, 0.15) is 0 Å². The molecule has 1 unspecified atom stereocenters. The fourth-order valence-corrected chi connectivity index (χ4v) is 4.98. The van der Waals surface area contributed by atoms with Gasteiger partial charge in [0.05, 0.1) is 23.0 Å². The van der Waals surface area contributed by atoms with E-state index >= 15 is 0 Å². The summed E-state index contributed by atoms with van der Waals surface area (Å²) < 4.78 is 42.7. The minimum absolute atomic E-state index is 0.194. The molecule has 0 bridgehead atoms. The molecular weight excluding hydrogens is 350 g/mol. The fraction of sp³-hybridized carbons (Fsp3) is 0.600. The Morgan fingerprint density at radius 2 is 1.92 bits per heavy atom. The topological polar surface area (TPSA) is 92.9 Å². The van der Waals surface area contributed by atoms with Crippen LogP contribution in [0.25, 0.3) is 0 Å². The van der Waals surface area contributed by atoms with Gasteiger partial charge >= 0.3 is 0 Å². The van der Waals surface area contributed by atoms with Gasteiger partial charge in [-0.3, -0.25) is 0 Å². The first kappa shape index (κ1) is 19.3. The summed E-state index contributed by atoms with van der Waals surface area (Å²) in [5.41, 5.74) is 6.43. The third kappa shape index (κ3) is 5.52. The third-order valence-electron chi connectivity index (χ3n) is 3.99. The molecule has 0 radical (unpaired) electrons. The highest BCUT2D eigenvalue weighted by molar-refractivity contribution is 7.91. The maximum Gasteiger partial charge on any atom is 0.152 e. The standard InChI is InChI=1S/C15H25N3O4S2/c1-22-11-8-18(23(19)15-5-3-2-4-14(15)16)7-6-17-9-12-24(20,21)13-10-17/h2-5H,6-13,16H2,1H3. The lowest BCUT2D eigenvalue weighted by atomic mass is 10.3. The van der Waals surface area contributed by atoms with Gasteiger partial charge in [0.25, 0.3) is 0 Å². The van der Waals surface area contributed by atoms with E-state index in [4.69, 9.17) is 10.5 Å². The Labute approximate surface area is 146 Å². The number of nitrogens with zero attached hydrogens (tertiary/aromatic N) is 2. The normalized spacial score (nSPS) is 19.4. The first-order valence-corrected chi connectivity index (χ1v) is 10.8. The van der Waals surface area contributed by atoms with Crippen molar-refractivity contribution < 1.29 is 17.4 Å². The summed E-state index contributed by atoms with van der Waals surface area (Å²) in [6.45, 7) is 3.26. The number of nitrogens with two attached hydrogens (primary N) is 1. The number of nitrogen functional groups attached to an aromatic ring is 1. The third-order valence-corrected chi connectivity index (χ3v) is 7.18. The summed E-state index contributed by atoms with van der Waals surface area (Å²) in [6.07, 6.45) is 0. The SMILES string of the molecule is COCCN(CCN1CCS(=O)(=O)CC1)S(=O)c1ccccc1N. The molecule has 9 heteroatoms. The second kappa shape index (κ2) is 8.91. The Morgan fingerprint density at radius 1 is 1.25 bits per heavy atom. The molecule has 24 heavy (non-hydrogen) atoms. The number of anilines is 1. The molecule has 1 heterocycles. The Morgan fingerprint density at radius 3 is 2.54 bits per heavy atom. The van der Waals surface area contributed by atoms with Crippen molar-refractivity contribution in [3.63, 3.8) is 0 Å². The molecular formula is C15H25N3O4S2. The molecule has 1 fully saturated rings. The van der Waals surface area contributed by atoms with Crippen molar-refractivity contribution in [2.24, 2.45) is 0 Å². The highest BCUT2D eigenvalue weighted by Crippen LogP contribution is 2.18. The van der Waals surface area contributed by atoms with Gasteiger partial charge in [0, 0.05) is 45.5 Å². The van der Waals surface area contributed by atoms with Crippen LogP contribution in [0.4, 0.5) is 5.69 Å². The van der Waals surface area contributed by atoms with E-state index in [1.807, 2.05) is 16.4 Å². The first-order chi connectivity index (χ1) is 11.4. The van der Waals surface area contributed by atoms with Gasteiger partial charge in [0.15, 0.2) is 9.84 Å². The molecule has 0 spiro atoms. The van der Waals surface area contributed by atoms with Crippen LogP contribution in [0.15, 0.2) is 29.2 Å². The highest BCUT2D eigenvalue weighted by atomic mass is 32.2. The van der Waals surface area contributed by atoms with Crippen LogP contribution in [-0.2, 0) is 25.6 Å². The second-order valence-electron chi connectivity index (χ2n) is 5.70. The average molecular weight is 376 g/mol. The lowest BCUT2D eigenvalue weighted by Crippen LogP contribution is -2.44. The van der Waals surface area contributed by atoms with E-state index in [2.05, 4.69) is 4.90 Å². The molecule has 0 aromatic heterocycles. The predicted molar refractivity (Wildman–Crippen MR) is 95.8 cm³/mol. The first-order valence-electron chi connectivity index (χ1n) is 7.86. The molecule has 1 aromatic rings. The van der Waals surface area contributed by atoms with Gasteiger partial charge in [-0.15, -0.1) is 0 Å². The molecule has 0 aliphatic carbocycles. The number of para-hydroxylation sites is 1. The van der Waals surface area contributed by atoms with Crippen molar-refractivity contribution in [3.05, 3.63) is 24.3 Å². The maximum atomic E-state index is 12.8. The summed E-state index contributed by atoms with van der Waals surface area (Å²) in [4.78, 5) is 2.68. The molecule has 1 aliphatic heterocycles. The quantitative estimate of drug-likeness (QED) is 0.642.